The quantitative estimate of drug-likeness (QED) is 0.806. The zero-order chi connectivity index (χ0) is 17.5. The molecule has 1 N–H and O–H groups in total. The fourth-order valence-corrected chi connectivity index (χ4v) is 2.77. The van der Waals surface area contributed by atoms with Crippen LogP contribution in [-0.4, -0.2) is 40.4 Å². The average Bonchev–Trinajstić information content (AvgIpc) is 2.58. The number of anilines is 1. The summed E-state index contributed by atoms with van der Waals surface area (Å²) in [5.74, 6) is 0.337. The molecule has 1 heterocycles. The first-order valence-corrected chi connectivity index (χ1v) is 8.60. The number of carbonyl (C=O) groups is 1. The molecule has 1 aromatic heterocycles. The molecule has 0 aliphatic heterocycles. The van der Waals surface area contributed by atoms with Crippen LogP contribution in [0.25, 0.3) is 0 Å². The average molecular weight is 367 g/mol. The van der Waals surface area contributed by atoms with E-state index in [-0.39, 0.29) is 5.91 Å². The van der Waals surface area contributed by atoms with Gasteiger partial charge in [0.1, 0.15) is 5.69 Å². The predicted molar refractivity (Wildman–Crippen MR) is 97.9 cm³/mol. The fourth-order valence-electron chi connectivity index (χ4n) is 2.27. The molecule has 5 nitrogen and oxygen atoms in total. The zero-order valence-electron chi connectivity index (χ0n) is 13.7. The van der Waals surface area contributed by atoms with E-state index in [1.54, 1.807) is 23.2 Å². The van der Waals surface area contributed by atoms with Crippen LogP contribution in [0.1, 0.15) is 29.9 Å². The maximum atomic E-state index is 12.3. The number of benzene rings is 1. The minimum atomic E-state index is -0.0915. The minimum absolute atomic E-state index is 0.0915. The molecular formula is C17H20Cl2N4O. The van der Waals surface area contributed by atoms with Gasteiger partial charge in [-0.3, -0.25) is 4.79 Å². The van der Waals surface area contributed by atoms with Gasteiger partial charge in [-0.2, -0.15) is 0 Å². The van der Waals surface area contributed by atoms with Crippen molar-refractivity contribution in [3.63, 3.8) is 0 Å². The van der Waals surface area contributed by atoms with E-state index in [0.717, 1.165) is 5.56 Å². The van der Waals surface area contributed by atoms with Crippen LogP contribution >= 0.6 is 23.2 Å². The minimum Gasteiger partial charge on any atom is -0.354 e. The van der Waals surface area contributed by atoms with Crippen molar-refractivity contribution in [1.82, 2.24) is 14.9 Å². The Balaban J connectivity index is 1.98. The van der Waals surface area contributed by atoms with Gasteiger partial charge in [-0.25, -0.2) is 9.97 Å². The lowest BCUT2D eigenvalue weighted by Crippen LogP contribution is -2.31. The first kappa shape index (κ1) is 18.5. The van der Waals surface area contributed by atoms with E-state index in [0.29, 0.717) is 47.7 Å². The molecule has 0 bridgehead atoms. The van der Waals surface area contributed by atoms with Crippen molar-refractivity contribution in [2.24, 2.45) is 0 Å². The highest BCUT2D eigenvalue weighted by Crippen LogP contribution is 2.21. The molecule has 0 saturated carbocycles. The third-order valence-corrected chi connectivity index (χ3v) is 4.20. The molecule has 24 heavy (non-hydrogen) atoms. The van der Waals surface area contributed by atoms with E-state index < -0.39 is 0 Å². The number of halogens is 2. The van der Waals surface area contributed by atoms with Crippen LogP contribution in [0.5, 0.6) is 0 Å². The number of nitrogens with one attached hydrogen (secondary N) is 1. The van der Waals surface area contributed by atoms with E-state index in [1.807, 2.05) is 26.0 Å². The van der Waals surface area contributed by atoms with Gasteiger partial charge in [0.05, 0.1) is 0 Å². The first-order valence-electron chi connectivity index (χ1n) is 7.85. The molecule has 0 spiro atoms. The lowest BCUT2D eigenvalue weighted by atomic mass is 10.1. The van der Waals surface area contributed by atoms with Crippen molar-refractivity contribution in [2.75, 3.05) is 25.0 Å². The normalized spacial score (nSPS) is 10.5. The van der Waals surface area contributed by atoms with Crippen LogP contribution in [0.2, 0.25) is 10.0 Å². The molecule has 0 aliphatic carbocycles. The topological polar surface area (TPSA) is 58.1 Å². The monoisotopic (exact) mass is 366 g/mol. The van der Waals surface area contributed by atoms with Crippen LogP contribution in [0.3, 0.4) is 0 Å². The van der Waals surface area contributed by atoms with Gasteiger partial charge in [-0.05, 0) is 44.0 Å². The summed E-state index contributed by atoms with van der Waals surface area (Å²) < 4.78 is 0. The molecule has 1 amide bonds. The summed E-state index contributed by atoms with van der Waals surface area (Å²) in [6.07, 6.45) is 2.29. The highest BCUT2D eigenvalue weighted by molar-refractivity contribution is 6.35. The van der Waals surface area contributed by atoms with Gasteiger partial charge in [0.2, 0.25) is 5.95 Å². The number of hydrogen-bond donors (Lipinski definition) is 1. The lowest BCUT2D eigenvalue weighted by molar-refractivity contribution is 0.0767. The second-order valence-electron chi connectivity index (χ2n) is 5.16. The van der Waals surface area contributed by atoms with Crippen LogP contribution in [-0.2, 0) is 6.42 Å². The highest BCUT2D eigenvalue weighted by Gasteiger charge is 2.14. The molecule has 1 aromatic carbocycles. The summed E-state index contributed by atoms with van der Waals surface area (Å²) in [6, 6.07) is 7.05. The standard InChI is InChI=1S/C17H20Cl2N4O/c1-3-23(4-2)16(24)15-8-10-21-17(22-15)20-9-7-12-5-6-13(18)11-14(12)19/h5-6,8,10-11H,3-4,7,9H2,1-2H3,(H,20,21,22). The van der Waals surface area contributed by atoms with Crippen LogP contribution in [0.15, 0.2) is 30.5 Å². The second-order valence-corrected chi connectivity index (χ2v) is 6.00. The van der Waals surface area contributed by atoms with Crippen molar-refractivity contribution in [1.29, 1.82) is 0 Å². The summed E-state index contributed by atoms with van der Waals surface area (Å²) in [4.78, 5) is 22.5. The Morgan fingerprint density at radius 1 is 1.21 bits per heavy atom. The molecule has 2 rings (SSSR count). The molecule has 0 unspecified atom stereocenters. The Morgan fingerprint density at radius 3 is 2.62 bits per heavy atom. The van der Waals surface area contributed by atoms with Gasteiger partial charge in [0.15, 0.2) is 0 Å². The SMILES string of the molecule is CCN(CC)C(=O)c1ccnc(NCCc2ccc(Cl)cc2Cl)n1. The number of aromatic nitrogens is 2. The summed E-state index contributed by atoms with van der Waals surface area (Å²) in [5.41, 5.74) is 1.38. The lowest BCUT2D eigenvalue weighted by Gasteiger charge is -2.18. The zero-order valence-corrected chi connectivity index (χ0v) is 15.2. The molecule has 128 valence electrons. The molecule has 0 fully saturated rings. The van der Waals surface area contributed by atoms with Crippen LogP contribution in [0, 0.1) is 0 Å². The number of hydrogen-bond acceptors (Lipinski definition) is 4. The molecule has 0 saturated heterocycles. The molecule has 0 radical (unpaired) electrons. The van der Waals surface area contributed by atoms with Crippen molar-refractivity contribution in [3.8, 4) is 0 Å². The Kier molecular flexibility index (Phi) is 6.82. The van der Waals surface area contributed by atoms with Crippen LogP contribution < -0.4 is 5.32 Å². The van der Waals surface area contributed by atoms with Gasteiger partial charge >= 0.3 is 0 Å². The molecule has 7 heteroatoms. The van der Waals surface area contributed by atoms with Gasteiger partial charge in [0.25, 0.3) is 5.91 Å². The van der Waals surface area contributed by atoms with Gasteiger partial charge in [-0.15, -0.1) is 0 Å². The maximum Gasteiger partial charge on any atom is 0.272 e. The van der Waals surface area contributed by atoms with Crippen molar-refractivity contribution >= 4 is 35.1 Å². The van der Waals surface area contributed by atoms with E-state index in [2.05, 4.69) is 15.3 Å². The Bertz CT molecular complexity index is 705. The predicted octanol–water partition coefficient (Wildman–Crippen LogP) is 3.92. The third kappa shape index (κ3) is 4.82. The van der Waals surface area contributed by atoms with E-state index in [9.17, 15) is 4.79 Å². The Labute approximate surface area is 152 Å². The molecular weight excluding hydrogens is 347 g/mol. The van der Waals surface area contributed by atoms with Gasteiger partial charge < -0.3 is 10.2 Å². The van der Waals surface area contributed by atoms with Gasteiger partial charge in [-0.1, -0.05) is 29.3 Å². The fraction of sp³-hybridized carbons (Fsp3) is 0.353. The smallest absolute Gasteiger partial charge is 0.272 e. The highest BCUT2D eigenvalue weighted by atomic mass is 35.5. The largest absolute Gasteiger partial charge is 0.354 e. The molecule has 0 atom stereocenters. The van der Waals surface area contributed by atoms with Crippen molar-refractivity contribution in [3.05, 3.63) is 51.8 Å². The summed E-state index contributed by atoms with van der Waals surface area (Å²) >= 11 is 12.0. The molecule has 2 aromatic rings. The van der Waals surface area contributed by atoms with Crippen LogP contribution in [0.4, 0.5) is 5.95 Å². The summed E-state index contributed by atoms with van der Waals surface area (Å²) in [6.45, 7) is 5.79. The maximum absolute atomic E-state index is 12.3. The first-order chi connectivity index (χ1) is 11.5. The number of rotatable bonds is 7. The Hall–Kier alpha value is -1.85. The third-order valence-electron chi connectivity index (χ3n) is 3.62. The summed E-state index contributed by atoms with van der Waals surface area (Å²) in [7, 11) is 0. The van der Waals surface area contributed by atoms with Gasteiger partial charge in [0, 0.05) is 35.9 Å². The number of amides is 1. The Morgan fingerprint density at radius 2 is 1.96 bits per heavy atom. The number of carbonyl (C=O) groups excluding carboxylic acids is 1. The van der Waals surface area contributed by atoms with E-state index in [4.69, 9.17) is 23.2 Å². The summed E-state index contributed by atoms with van der Waals surface area (Å²) in [5, 5.41) is 4.37. The van der Waals surface area contributed by atoms with Crippen molar-refractivity contribution < 1.29 is 4.79 Å². The molecule has 0 aliphatic rings. The van der Waals surface area contributed by atoms with E-state index >= 15 is 0 Å². The van der Waals surface area contributed by atoms with E-state index in [1.165, 1.54) is 0 Å². The second kappa shape index (κ2) is 8.85. The number of nitrogens with zero attached hydrogens (tertiary/aromatic N) is 3. The van der Waals surface area contributed by atoms with Crippen molar-refractivity contribution in [2.45, 2.75) is 20.3 Å².